The molecule has 1 aromatic rings. The van der Waals surface area contributed by atoms with Gasteiger partial charge in [-0.05, 0) is 36.2 Å². The van der Waals surface area contributed by atoms with Crippen LogP contribution < -0.4 is 0 Å². The zero-order chi connectivity index (χ0) is 11.7. The van der Waals surface area contributed by atoms with Gasteiger partial charge in [-0.15, -0.1) is 0 Å². The minimum absolute atomic E-state index is 0.0135. The second-order valence-corrected chi connectivity index (χ2v) is 4.85. The summed E-state index contributed by atoms with van der Waals surface area (Å²) in [5.41, 5.74) is 0.671. The lowest BCUT2D eigenvalue weighted by atomic mass is 9.95. The third-order valence-electron chi connectivity index (χ3n) is 3.04. The quantitative estimate of drug-likeness (QED) is 0.801. The molecule has 0 saturated carbocycles. The highest BCUT2D eigenvalue weighted by molar-refractivity contribution is 9.10. The summed E-state index contributed by atoms with van der Waals surface area (Å²) in [6.07, 6.45) is 2.50. The highest BCUT2D eigenvalue weighted by Crippen LogP contribution is 2.27. The third-order valence-corrected chi connectivity index (χ3v) is 3.62. The molecule has 16 heavy (non-hydrogen) atoms. The number of aromatic nitrogens is 2. The van der Waals surface area contributed by atoms with E-state index in [2.05, 4.69) is 21.0 Å². The number of halogens is 1. The number of hydrogen-bond donors (Lipinski definition) is 0. The van der Waals surface area contributed by atoms with Gasteiger partial charge in [-0.1, -0.05) is 0 Å². The van der Waals surface area contributed by atoms with E-state index in [-0.39, 0.29) is 17.8 Å². The minimum Gasteiger partial charge on any atom is -0.378 e. The van der Waals surface area contributed by atoms with Crippen molar-refractivity contribution in [1.82, 2.24) is 9.78 Å². The molecule has 2 heterocycles. The fourth-order valence-corrected chi connectivity index (χ4v) is 2.59. The molecule has 0 bridgehead atoms. The van der Waals surface area contributed by atoms with Crippen molar-refractivity contribution in [3.63, 3.8) is 0 Å². The van der Waals surface area contributed by atoms with E-state index in [1.54, 1.807) is 10.9 Å². The van der Waals surface area contributed by atoms with Gasteiger partial charge in [0.25, 0.3) is 0 Å². The molecular formula is C11H15BrN2O2. The first-order valence-electron chi connectivity index (χ1n) is 5.52. The van der Waals surface area contributed by atoms with E-state index in [4.69, 9.17) is 4.74 Å². The number of hydrogen-bond acceptors (Lipinski definition) is 3. The van der Waals surface area contributed by atoms with Crippen molar-refractivity contribution < 1.29 is 9.53 Å². The van der Waals surface area contributed by atoms with Gasteiger partial charge < -0.3 is 4.74 Å². The van der Waals surface area contributed by atoms with E-state index in [9.17, 15) is 4.79 Å². The number of Topliss-reactive ketones (excluding diaryl/α,β-unsaturated/α-hetero) is 1. The Bertz CT molecular complexity index is 403. The van der Waals surface area contributed by atoms with Crippen molar-refractivity contribution in [2.24, 2.45) is 5.92 Å². The van der Waals surface area contributed by atoms with Gasteiger partial charge >= 0.3 is 0 Å². The van der Waals surface area contributed by atoms with Crippen LogP contribution in [0.3, 0.4) is 0 Å². The predicted octanol–water partition coefficient (Wildman–Crippen LogP) is 2.27. The molecule has 0 N–H and O–H groups in total. The normalized spacial score (nSPS) is 24.9. The van der Waals surface area contributed by atoms with Crippen molar-refractivity contribution in [2.75, 3.05) is 6.61 Å². The van der Waals surface area contributed by atoms with Crippen LogP contribution in [-0.4, -0.2) is 28.3 Å². The summed E-state index contributed by atoms with van der Waals surface area (Å²) in [5, 5.41) is 4.16. The molecular weight excluding hydrogens is 272 g/mol. The number of ether oxygens (including phenoxy) is 1. The van der Waals surface area contributed by atoms with E-state index in [1.165, 1.54) is 0 Å². The summed E-state index contributed by atoms with van der Waals surface area (Å²) < 4.78 is 7.94. The van der Waals surface area contributed by atoms with E-state index < -0.39 is 0 Å². The van der Waals surface area contributed by atoms with Crippen LogP contribution >= 0.6 is 15.9 Å². The van der Waals surface area contributed by atoms with Gasteiger partial charge in [0.1, 0.15) is 5.69 Å². The first-order valence-corrected chi connectivity index (χ1v) is 6.31. The van der Waals surface area contributed by atoms with Gasteiger partial charge in [-0.3, -0.25) is 9.48 Å². The molecule has 2 rings (SSSR count). The molecule has 0 aromatic carbocycles. The largest absolute Gasteiger partial charge is 0.378 e. The van der Waals surface area contributed by atoms with Crippen LogP contribution in [0, 0.1) is 5.92 Å². The van der Waals surface area contributed by atoms with Gasteiger partial charge in [0.05, 0.1) is 22.7 Å². The fraction of sp³-hybridized carbons (Fsp3) is 0.636. The average Bonchev–Trinajstić information content (AvgIpc) is 2.83. The lowest BCUT2D eigenvalue weighted by Crippen LogP contribution is -2.24. The molecule has 1 aliphatic heterocycles. The van der Waals surface area contributed by atoms with Crippen molar-refractivity contribution in [1.29, 1.82) is 0 Å². The predicted molar refractivity (Wildman–Crippen MR) is 63.5 cm³/mol. The van der Waals surface area contributed by atoms with Crippen molar-refractivity contribution in [3.8, 4) is 0 Å². The Morgan fingerprint density at radius 3 is 3.06 bits per heavy atom. The molecule has 0 radical (unpaired) electrons. The molecule has 0 spiro atoms. The maximum atomic E-state index is 12.3. The highest BCUT2D eigenvalue weighted by Gasteiger charge is 2.34. The van der Waals surface area contributed by atoms with Crippen molar-refractivity contribution >= 4 is 21.7 Å². The Morgan fingerprint density at radius 1 is 1.75 bits per heavy atom. The van der Waals surface area contributed by atoms with Crippen LogP contribution in [0.2, 0.25) is 0 Å². The van der Waals surface area contributed by atoms with E-state index in [0.717, 1.165) is 10.9 Å². The summed E-state index contributed by atoms with van der Waals surface area (Å²) >= 11 is 3.38. The standard InChI is InChI=1S/C11H15BrN2O2/c1-3-14-10(9(12)6-13-14)11(15)8-4-5-16-7(8)2/h6-8H,3-5H2,1-2H3. The molecule has 2 unspecified atom stereocenters. The molecule has 1 saturated heterocycles. The fourth-order valence-electron chi connectivity index (χ4n) is 2.10. The van der Waals surface area contributed by atoms with E-state index in [0.29, 0.717) is 18.8 Å². The maximum Gasteiger partial charge on any atom is 0.187 e. The second-order valence-electron chi connectivity index (χ2n) is 3.99. The van der Waals surface area contributed by atoms with Gasteiger partial charge in [0, 0.05) is 13.2 Å². The van der Waals surface area contributed by atoms with Crippen molar-refractivity contribution in [2.45, 2.75) is 32.9 Å². The molecule has 0 amide bonds. The van der Waals surface area contributed by atoms with Gasteiger partial charge in [-0.2, -0.15) is 5.10 Å². The van der Waals surface area contributed by atoms with Crippen LogP contribution in [0.4, 0.5) is 0 Å². The number of rotatable bonds is 3. The first kappa shape index (κ1) is 11.8. The summed E-state index contributed by atoms with van der Waals surface area (Å²) in [7, 11) is 0. The SMILES string of the molecule is CCn1ncc(Br)c1C(=O)C1CCOC1C. The van der Waals surface area contributed by atoms with E-state index >= 15 is 0 Å². The Labute approximate surface area is 103 Å². The smallest absolute Gasteiger partial charge is 0.187 e. The average molecular weight is 287 g/mol. The molecule has 0 aliphatic carbocycles. The molecule has 5 heteroatoms. The zero-order valence-electron chi connectivity index (χ0n) is 9.44. The Balaban J connectivity index is 2.29. The molecule has 4 nitrogen and oxygen atoms in total. The summed E-state index contributed by atoms with van der Waals surface area (Å²) in [5.74, 6) is 0.106. The molecule has 1 fully saturated rings. The number of carbonyl (C=O) groups is 1. The number of nitrogens with zero attached hydrogens (tertiary/aromatic N) is 2. The monoisotopic (exact) mass is 286 g/mol. The Morgan fingerprint density at radius 2 is 2.50 bits per heavy atom. The first-order chi connectivity index (χ1) is 7.65. The van der Waals surface area contributed by atoms with Gasteiger partial charge in [-0.25, -0.2) is 0 Å². The highest BCUT2D eigenvalue weighted by atomic mass is 79.9. The lowest BCUT2D eigenvalue weighted by molar-refractivity contribution is 0.0754. The number of carbonyl (C=O) groups excluding carboxylic acids is 1. The number of ketones is 1. The summed E-state index contributed by atoms with van der Waals surface area (Å²) in [6.45, 7) is 5.31. The lowest BCUT2D eigenvalue weighted by Gasteiger charge is -2.13. The molecule has 1 aliphatic rings. The second kappa shape index (κ2) is 4.67. The van der Waals surface area contributed by atoms with Crippen molar-refractivity contribution in [3.05, 3.63) is 16.4 Å². The molecule has 88 valence electrons. The number of aryl methyl sites for hydroxylation is 1. The third kappa shape index (κ3) is 1.94. The maximum absolute atomic E-state index is 12.3. The topological polar surface area (TPSA) is 44.1 Å². The Kier molecular flexibility index (Phi) is 3.44. The van der Waals surface area contributed by atoms with Crippen LogP contribution in [-0.2, 0) is 11.3 Å². The van der Waals surface area contributed by atoms with Gasteiger partial charge in [0.15, 0.2) is 5.78 Å². The molecule has 1 aromatic heterocycles. The minimum atomic E-state index is -0.0294. The van der Waals surface area contributed by atoms with Crippen LogP contribution in [0.15, 0.2) is 10.7 Å². The summed E-state index contributed by atoms with van der Waals surface area (Å²) in [4.78, 5) is 12.3. The van der Waals surface area contributed by atoms with E-state index in [1.807, 2.05) is 13.8 Å². The summed E-state index contributed by atoms with van der Waals surface area (Å²) in [6, 6.07) is 0. The Hall–Kier alpha value is -0.680. The van der Waals surface area contributed by atoms with Crippen LogP contribution in [0.1, 0.15) is 30.8 Å². The zero-order valence-corrected chi connectivity index (χ0v) is 11.0. The molecule has 2 atom stereocenters. The van der Waals surface area contributed by atoms with Crippen LogP contribution in [0.5, 0.6) is 0 Å². The van der Waals surface area contributed by atoms with Crippen LogP contribution in [0.25, 0.3) is 0 Å². The van der Waals surface area contributed by atoms with Gasteiger partial charge in [0.2, 0.25) is 0 Å².